The highest BCUT2D eigenvalue weighted by Gasteiger charge is 2.33. The van der Waals surface area contributed by atoms with Gasteiger partial charge in [0, 0.05) is 12.1 Å². The Labute approximate surface area is 121 Å². The Morgan fingerprint density at radius 1 is 0.750 bits per heavy atom. The molecule has 2 bridgehead atoms. The van der Waals surface area contributed by atoms with Gasteiger partial charge in [-0.2, -0.15) is 0 Å². The predicted molar refractivity (Wildman–Crippen MR) is 82.7 cm³/mol. The van der Waals surface area contributed by atoms with Gasteiger partial charge in [-0.3, -0.25) is 0 Å². The highest BCUT2D eigenvalue weighted by Crippen LogP contribution is 2.37. The summed E-state index contributed by atoms with van der Waals surface area (Å²) in [6, 6.07) is 21.2. The Morgan fingerprint density at radius 3 is 2.25 bits per heavy atom. The molecule has 1 fully saturated rings. The fraction of sp³-hybridized carbons (Fsp3) is 0.368. The van der Waals surface area contributed by atoms with Crippen molar-refractivity contribution >= 4 is 0 Å². The molecule has 0 aromatic heterocycles. The fourth-order valence-electron chi connectivity index (χ4n) is 3.97. The second-order valence-corrected chi connectivity index (χ2v) is 6.27. The van der Waals surface area contributed by atoms with Crippen LogP contribution in [0.3, 0.4) is 0 Å². The minimum atomic E-state index is 0.531. The normalized spacial score (nSPS) is 28.5. The van der Waals surface area contributed by atoms with Crippen molar-refractivity contribution in [2.45, 2.75) is 37.8 Å². The third kappa shape index (κ3) is 2.16. The summed E-state index contributed by atoms with van der Waals surface area (Å²) in [5.41, 5.74) is 4.59. The van der Waals surface area contributed by atoms with Crippen molar-refractivity contribution in [3.63, 3.8) is 0 Å². The monoisotopic (exact) mass is 263 g/mol. The number of rotatable bonds is 1. The van der Waals surface area contributed by atoms with Crippen LogP contribution in [-0.4, -0.2) is 6.04 Å². The van der Waals surface area contributed by atoms with Crippen LogP contribution in [0, 0.1) is 5.92 Å². The molecule has 1 N–H and O–H groups in total. The topological polar surface area (TPSA) is 12.0 Å². The van der Waals surface area contributed by atoms with Gasteiger partial charge in [0.25, 0.3) is 0 Å². The molecular weight excluding hydrogens is 242 g/mol. The van der Waals surface area contributed by atoms with Gasteiger partial charge in [-0.15, -0.1) is 0 Å². The van der Waals surface area contributed by atoms with Gasteiger partial charge in [0.2, 0.25) is 0 Å². The van der Waals surface area contributed by atoms with Crippen LogP contribution >= 0.6 is 0 Å². The van der Waals surface area contributed by atoms with Crippen LogP contribution in [-0.2, 0) is 12.8 Å². The minimum absolute atomic E-state index is 0.531. The molecule has 1 saturated heterocycles. The summed E-state index contributed by atoms with van der Waals surface area (Å²) in [7, 11) is 0. The van der Waals surface area contributed by atoms with E-state index in [9.17, 15) is 0 Å². The molecule has 2 aromatic rings. The van der Waals surface area contributed by atoms with E-state index in [-0.39, 0.29) is 0 Å². The maximum absolute atomic E-state index is 3.91. The van der Waals surface area contributed by atoms with Gasteiger partial charge < -0.3 is 5.32 Å². The molecule has 3 aliphatic rings. The highest BCUT2D eigenvalue weighted by molar-refractivity contribution is 5.31. The average Bonchev–Trinajstić information content (AvgIpc) is 2.48. The largest absolute Gasteiger partial charge is 0.307 e. The van der Waals surface area contributed by atoms with Crippen molar-refractivity contribution in [1.29, 1.82) is 0 Å². The van der Waals surface area contributed by atoms with Crippen molar-refractivity contribution in [3.8, 4) is 0 Å². The lowest BCUT2D eigenvalue weighted by Gasteiger charge is -2.41. The lowest BCUT2D eigenvalue weighted by molar-refractivity contribution is 0.221. The molecule has 1 heteroatoms. The van der Waals surface area contributed by atoms with E-state index in [1.807, 2.05) is 0 Å². The summed E-state index contributed by atoms with van der Waals surface area (Å²) in [5, 5.41) is 3.91. The molecule has 0 radical (unpaired) electrons. The summed E-state index contributed by atoms with van der Waals surface area (Å²) >= 11 is 0. The zero-order valence-corrected chi connectivity index (χ0v) is 11.8. The fourth-order valence-corrected chi connectivity index (χ4v) is 3.97. The van der Waals surface area contributed by atoms with Crippen molar-refractivity contribution < 1.29 is 0 Å². The van der Waals surface area contributed by atoms with Crippen molar-refractivity contribution in [2.24, 2.45) is 5.92 Å². The smallest absolute Gasteiger partial charge is 0.0354 e. The lowest BCUT2D eigenvalue weighted by atomic mass is 9.75. The maximum Gasteiger partial charge on any atom is 0.0354 e. The molecule has 0 saturated carbocycles. The first-order chi connectivity index (χ1) is 9.90. The minimum Gasteiger partial charge on any atom is -0.307 e. The van der Waals surface area contributed by atoms with Crippen LogP contribution in [0.25, 0.3) is 0 Å². The Kier molecular flexibility index (Phi) is 3.08. The summed E-state index contributed by atoms with van der Waals surface area (Å²) in [5.74, 6) is 0.732. The van der Waals surface area contributed by atoms with Crippen LogP contribution in [0.2, 0.25) is 0 Å². The standard InChI is InChI=1S/C19H21N/c1-2-6-14(7-3-1)19-17-10-11-18(20-19)13-16-9-5-4-8-15(16)12-17/h1-9,17-20H,10-13H2. The molecule has 20 heavy (non-hydrogen) atoms. The number of benzene rings is 2. The Morgan fingerprint density at radius 2 is 1.45 bits per heavy atom. The molecule has 3 unspecified atom stereocenters. The van der Waals surface area contributed by atoms with Gasteiger partial charge in [-0.25, -0.2) is 0 Å². The molecule has 0 spiro atoms. The molecule has 3 atom stereocenters. The second-order valence-electron chi connectivity index (χ2n) is 6.27. The van der Waals surface area contributed by atoms with E-state index in [1.165, 1.54) is 31.2 Å². The lowest BCUT2D eigenvalue weighted by Crippen LogP contribution is -2.45. The summed E-state index contributed by atoms with van der Waals surface area (Å²) in [6.07, 6.45) is 5.08. The third-order valence-corrected chi connectivity index (χ3v) is 5.00. The van der Waals surface area contributed by atoms with Crippen LogP contribution in [0.4, 0.5) is 0 Å². The zero-order chi connectivity index (χ0) is 13.4. The zero-order valence-electron chi connectivity index (χ0n) is 11.8. The Balaban J connectivity index is 1.70. The number of nitrogens with one attached hydrogen (secondary N) is 1. The van der Waals surface area contributed by atoms with Crippen molar-refractivity contribution in [1.82, 2.24) is 5.32 Å². The van der Waals surface area contributed by atoms with Gasteiger partial charge in [-0.1, -0.05) is 54.6 Å². The predicted octanol–water partition coefficient (Wildman–Crippen LogP) is 3.89. The van der Waals surface area contributed by atoms with Gasteiger partial charge in [0.1, 0.15) is 0 Å². The number of fused-ring (bicyclic) bond motifs is 2. The van der Waals surface area contributed by atoms with Crippen LogP contribution in [0.5, 0.6) is 0 Å². The third-order valence-electron chi connectivity index (χ3n) is 5.00. The van der Waals surface area contributed by atoms with Gasteiger partial charge in [0.15, 0.2) is 0 Å². The van der Waals surface area contributed by atoms with Gasteiger partial charge in [0.05, 0.1) is 0 Å². The number of hydrogen-bond acceptors (Lipinski definition) is 1. The van der Waals surface area contributed by atoms with Crippen molar-refractivity contribution in [3.05, 3.63) is 71.3 Å². The van der Waals surface area contributed by atoms with Crippen LogP contribution < -0.4 is 5.32 Å². The Hall–Kier alpha value is -1.60. The average molecular weight is 263 g/mol. The summed E-state index contributed by atoms with van der Waals surface area (Å²) in [6.45, 7) is 0. The van der Waals surface area contributed by atoms with Gasteiger partial charge >= 0.3 is 0 Å². The van der Waals surface area contributed by atoms with E-state index < -0.39 is 0 Å². The number of piperidine rings is 1. The van der Waals surface area contributed by atoms with Crippen molar-refractivity contribution in [2.75, 3.05) is 0 Å². The van der Waals surface area contributed by atoms with Crippen LogP contribution in [0.15, 0.2) is 54.6 Å². The molecule has 0 amide bonds. The molecule has 5 rings (SSSR count). The quantitative estimate of drug-likeness (QED) is 0.823. The molecule has 1 aliphatic carbocycles. The van der Waals surface area contributed by atoms with Gasteiger partial charge in [-0.05, 0) is 48.3 Å². The first-order valence-corrected chi connectivity index (χ1v) is 7.78. The van der Waals surface area contributed by atoms with E-state index in [1.54, 1.807) is 11.1 Å². The summed E-state index contributed by atoms with van der Waals surface area (Å²) < 4.78 is 0. The van der Waals surface area contributed by atoms with E-state index in [4.69, 9.17) is 0 Å². The van der Waals surface area contributed by atoms with E-state index in [0.29, 0.717) is 12.1 Å². The number of hydrogen-bond donors (Lipinski definition) is 1. The highest BCUT2D eigenvalue weighted by atomic mass is 15.0. The molecule has 1 nitrogen and oxygen atoms in total. The van der Waals surface area contributed by atoms with E-state index >= 15 is 0 Å². The first-order valence-electron chi connectivity index (χ1n) is 7.78. The maximum atomic E-state index is 3.91. The second kappa shape index (κ2) is 5.06. The molecule has 2 heterocycles. The van der Waals surface area contributed by atoms with Crippen LogP contribution in [0.1, 0.15) is 35.6 Å². The molecule has 102 valence electrons. The molecular formula is C19H21N. The van der Waals surface area contributed by atoms with E-state index in [2.05, 4.69) is 59.9 Å². The Bertz CT molecular complexity index is 590. The SMILES string of the molecule is c1ccc(C2NC3CCC2Cc2ccccc2C3)cc1. The molecule has 2 aromatic carbocycles. The van der Waals surface area contributed by atoms with E-state index in [0.717, 1.165) is 5.92 Å². The molecule has 2 aliphatic heterocycles. The summed E-state index contributed by atoms with van der Waals surface area (Å²) in [4.78, 5) is 0. The first kappa shape index (κ1) is 12.2.